The number of rotatable bonds is 1. The molecule has 3 heteroatoms. The van der Waals surface area contributed by atoms with Crippen LogP contribution >= 0.6 is 0 Å². The second kappa shape index (κ2) is 5.39. The van der Waals surface area contributed by atoms with Crippen LogP contribution in [0.5, 0.6) is 0 Å². The molecule has 0 bridgehead atoms. The van der Waals surface area contributed by atoms with Crippen molar-refractivity contribution in [3.05, 3.63) is 23.8 Å². The van der Waals surface area contributed by atoms with E-state index in [9.17, 15) is 14.7 Å². The molecule has 3 nitrogen and oxygen atoms in total. The van der Waals surface area contributed by atoms with Crippen molar-refractivity contribution >= 4 is 11.6 Å². The van der Waals surface area contributed by atoms with E-state index in [1.807, 2.05) is 6.08 Å². The lowest BCUT2D eigenvalue weighted by atomic mass is 9.46. The summed E-state index contributed by atoms with van der Waals surface area (Å²) in [6, 6.07) is 0. The van der Waals surface area contributed by atoms with Gasteiger partial charge in [-0.05, 0) is 67.9 Å². The summed E-state index contributed by atoms with van der Waals surface area (Å²) in [6.45, 7) is 8.39. The average molecular weight is 342 g/mol. The smallest absolute Gasteiger partial charge is 0.178 e. The molecule has 8 atom stereocenters. The molecule has 8 unspecified atom stereocenters. The van der Waals surface area contributed by atoms with Gasteiger partial charge in [0.15, 0.2) is 5.78 Å². The lowest BCUT2D eigenvalue weighted by molar-refractivity contribution is -0.138. The molecular weight excluding hydrogens is 312 g/mol. The number of carbonyl (C=O) groups is 2. The van der Waals surface area contributed by atoms with Gasteiger partial charge in [0, 0.05) is 17.3 Å². The zero-order valence-electron chi connectivity index (χ0n) is 15.8. The van der Waals surface area contributed by atoms with Crippen LogP contribution in [0, 0.1) is 40.4 Å². The Labute approximate surface area is 150 Å². The summed E-state index contributed by atoms with van der Waals surface area (Å²) in [5, 5.41) is 11.2. The predicted molar refractivity (Wildman–Crippen MR) is 96.7 cm³/mol. The highest BCUT2D eigenvalue weighted by molar-refractivity contribution is 6.01. The average Bonchev–Trinajstić information content (AvgIpc) is 2.77. The van der Waals surface area contributed by atoms with Crippen LogP contribution in [-0.2, 0) is 9.59 Å². The van der Waals surface area contributed by atoms with E-state index in [-0.39, 0.29) is 34.2 Å². The molecule has 0 aromatic rings. The quantitative estimate of drug-likeness (QED) is 0.790. The molecule has 0 aliphatic heterocycles. The number of hydrogen-bond acceptors (Lipinski definition) is 3. The number of carbonyl (C=O) groups excluding carboxylic acids is 2. The third kappa shape index (κ3) is 2.21. The van der Waals surface area contributed by atoms with Gasteiger partial charge in [0.25, 0.3) is 0 Å². The fourth-order valence-electron chi connectivity index (χ4n) is 7.56. The predicted octanol–water partition coefficient (Wildman–Crippen LogP) is 3.72. The van der Waals surface area contributed by atoms with E-state index in [1.54, 1.807) is 19.1 Å². The zero-order chi connectivity index (χ0) is 18.1. The van der Waals surface area contributed by atoms with E-state index in [0.717, 1.165) is 19.3 Å². The monoisotopic (exact) mass is 342 g/mol. The van der Waals surface area contributed by atoms with Gasteiger partial charge >= 0.3 is 0 Å². The number of hydrogen-bond donors (Lipinski definition) is 1. The third-order valence-corrected chi connectivity index (χ3v) is 8.27. The minimum atomic E-state index is -0.412. The van der Waals surface area contributed by atoms with Crippen molar-refractivity contribution in [2.24, 2.45) is 40.4 Å². The van der Waals surface area contributed by atoms with Crippen molar-refractivity contribution in [3.63, 3.8) is 0 Å². The largest absolute Gasteiger partial charge is 0.393 e. The van der Waals surface area contributed by atoms with Crippen LogP contribution in [0.4, 0.5) is 0 Å². The topological polar surface area (TPSA) is 54.4 Å². The highest BCUT2D eigenvalue weighted by atomic mass is 16.3. The Kier molecular flexibility index (Phi) is 3.71. The van der Waals surface area contributed by atoms with Gasteiger partial charge in [0.05, 0.1) is 6.10 Å². The first kappa shape index (κ1) is 17.2. The van der Waals surface area contributed by atoms with Crippen LogP contribution in [0.15, 0.2) is 23.8 Å². The maximum Gasteiger partial charge on any atom is 0.178 e. The maximum absolute atomic E-state index is 12.4. The molecule has 0 heterocycles. The molecule has 0 radical (unpaired) electrons. The zero-order valence-corrected chi connectivity index (χ0v) is 15.8. The number of aliphatic hydroxyl groups excluding tert-OH is 1. The van der Waals surface area contributed by atoms with E-state index in [1.165, 1.54) is 5.57 Å². The van der Waals surface area contributed by atoms with Crippen LogP contribution < -0.4 is 0 Å². The Morgan fingerprint density at radius 1 is 1.32 bits per heavy atom. The van der Waals surface area contributed by atoms with Gasteiger partial charge in [-0.25, -0.2) is 0 Å². The van der Waals surface area contributed by atoms with Crippen molar-refractivity contribution in [2.75, 3.05) is 0 Å². The van der Waals surface area contributed by atoms with Crippen LogP contribution in [0.2, 0.25) is 0 Å². The van der Waals surface area contributed by atoms with Crippen LogP contribution in [0.1, 0.15) is 53.4 Å². The molecule has 0 amide bonds. The molecule has 0 spiro atoms. The summed E-state index contributed by atoms with van der Waals surface area (Å²) in [6.07, 6.45) is 8.88. The maximum atomic E-state index is 12.4. The Balaban J connectivity index is 1.76. The van der Waals surface area contributed by atoms with Crippen LogP contribution in [-0.4, -0.2) is 22.8 Å². The van der Waals surface area contributed by atoms with Gasteiger partial charge < -0.3 is 5.11 Å². The molecular formula is C22H30O3. The van der Waals surface area contributed by atoms with Gasteiger partial charge in [0.1, 0.15) is 5.78 Å². The van der Waals surface area contributed by atoms with Crippen molar-refractivity contribution in [3.8, 4) is 0 Å². The molecule has 136 valence electrons. The van der Waals surface area contributed by atoms with E-state index >= 15 is 0 Å². The van der Waals surface area contributed by atoms with Crippen molar-refractivity contribution in [2.45, 2.75) is 59.5 Å². The molecule has 25 heavy (non-hydrogen) atoms. The summed E-state index contributed by atoms with van der Waals surface area (Å²) in [4.78, 5) is 24.2. The summed E-state index contributed by atoms with van der Waals surface area (Å²) in [7, 11) is 0. The molecule has 4 aliphatic carbocycles. The first-order valence-electron chi connectivity index (χ1n) is 9.81. The molecule has 1 N–H and O–H groups in total. The summed E-state index contributed by atoms with van der Waals surface area (Å²) in [5.41, 5.74) is 0.894. The molecule has 0 aromatic carbocycles. The second-order valence-electron chi connectivity index (χ2n) is 9.60. The molecule has 4 rings (SSSR count). The van der Waals surface area contributed by atoms with Gasteiger partial charge in [-0.1, -0.05) is 32.4 Å². The number of allylic oxidation sites excluding steroid dienone is 4. The lowest BCUT2D eigenvalue weighted by Gasteiger charge is -2.58. The first-order valence-corrected chi connectivity index (χ1v) is 9.81. The summed E-state index contributed by atoms with van der Waals surface area (Å²) < 4.78 is 0. The van der Waals surface area contributed by atoms with Crippen molar-refractivity contribution in [1.82, 2.24) is 0 Å². The van der Waals surface area contributed by atoms with Gasteiger partial charge in [-0.3, -0.25) is 9.59 Å². The standard InChI is InChI=1S/C22H30O3/c1-12-9-17-16-6-5-14-10-15(24)7-8-21(14,3)20(16)18(25)11-22(17,4)19(12)13(2)23/h7-8,10,12,16-20,25H,5-6,9,11H2,1-4H3. The highest BCUT2D eigenvalue weighted by Crippen LogP contribution is 2.67. The van der Waals surface area contributed by atoms with Crippen molar-refractivity contribution in [1.29, 1.82) is 0 Å². The van der Waals surface area contributed by atoms with Crippen molar-refractivity contribution < 1.29 is 14.7 Å². The molecule has 3 saturated carbocycles. The SMILES string of the molecule is CC(=O)C1C(C)CC2C3CCC4=CC(=O)C=CC4(C)C3C(O)CC21C. The second-order valence-corrected chi connectivity index (χ2v) is 9.60. The molecule has 3 fully saturated rings. The number of Topliss-reactive ketones (excluding diaryl/α,β-unsaturated/α-hetero) is 1. The fraction of sp³-hybridized carbons (Fsp3) is 0.727. The molecule has 0 aromatic heterocycles. The fourth-order valence-corrected chi connectivity index (χ4v) is 7.56. The van der Waals surface area contributed by atoms with Gasteiger partial charge in [0.2, 0.25) is 0 Å². The van der Waals surface area contributed by atoms with E-state index in [4.69, 9.17) is 0 Å². The first-order chi connectivity index (χ1) is 11.7. The molecule has 0 saturated heterocycles. The molecule has 4 aliphatic rings. The minimum absolute atomic E-state index is 0.0707. The number of fused-ring (bicyclic) bond motifs is 5. The minimum Gasteiger partial charge on any atom is -0.393 e. The summed E-state index contributed by atoms with van der Waals surface area (Å²) >= 11 is 0. The normalized spacial score (nSPS) is 51.4. The number of ketones is 2. The Bertz CT molecular complexity index is 689. The Morgan fingerprint density at radius 3 is 2.72 bits per heavy atom. The number of aliphatic hydroxyl groups is 1. The van der Waals surface area contributed by atoms with E-state index < -0.39 is 6.10 Å². The van der Waals surface area contributed by atoms with Gasteiger partial charge in [-0.2, -0.15) is 0 Å². The van der Waals surface area contributed by atoms with Gasteiger partial charge in [-0.15, -0.1) is 0 Å². The lowest BCUT2D eigenvalue weighted by Crippen LogP contribution is -2.56. The Hall–Kier alpha value is -1.22. The summed E-state index contributed by atoms with van der Waals surface area (Å²) in [5.74, 6) is 1.91. The van der Waals surface area contributed by atoms with E-state index in [2.05, 4.69) is 20.8 Å². The Morgan fingerprint density at radius 2 is 2.04 bits per heavy atom. The third-order valence-electron chi connectivity index (χ3n) is 8.27. The van der Waals surface area contributed by atoms with E-state index in [0.29, 0.717) is 24.2 Å². The van der Waals surface area contributed by atoms with Crippen LogP contribution in [0.25, 0.3) is 0 Å². The highest BCUT2D eigenvalue weighted by Gasteiger charge is 2.63. The van der Waals surface area contributed by atoms with Crippen LogP contribution in [0.3, 0.4) is 0 Å².